The van der Waals surface area contributed by atoms with Gasteiger partial charge in [-0.05, 0) is 48.4 Å². The summed E-state index contributed by atoms with van der Waals surface area (Å²) in [7, 11) is 0. The van der Waals surface area contributed by atoms with Gasteiger partial charge in [-0.15, -0.1) is 0 Å². The lowest BCUT2D eigenvalue weighted by molar-refractivity contribution is -0.134. The van der Waals surface area contributed by atoms with Crippen LogP contribution in [0.15, 0.2) is 36.5 Å². The lowest BCUT2D eigenvalue weighted by Crippen LogP contribution is -2.51. The van der Waals surface area contributed by atoms with Crippen molar-refractivity contribution in [3.63, 3.8) is 0 Å². The Morgan fingerprint density at radius 3 is 2.49 bits per heavy atom. The number of carbonyl (C=O) groups is 3. The van der Waals surface area contributed by atoms with Gasteiger partial charge in [-0.25, -0.2) is 4.79 Å². The number of urea groups is 1. The van der Waals surface area contributed by atoms with Crippen LogP contribution < -0.4 is 10.2 Å². The predicted molar refractivity (Wildman–Crippen MR) is 134 cm³/mol. The number of benzene rings is 1. The topological polar surface area (TPSA) is 103 Å². The Labute approximate surface area is 206 Å². The maximum atomic E-state index is 13.7. The first-order valence-corrected chi connectivity index (χ1v) is 12.5. The molecule has 4 rings (SSSR count). The van der Waals surface area contributed by atoms with Crippen molar-refractivity contribution in [2.75, 3.05) is 16.8 Å². The molecule has 0 bridgehead atoms. The van der Waals surface area contributed by atoms with Crippen molar-refractivity contribution < 1.29 is 19.5 Å². The van der Waals surface area contributed by atoms with Gasteiger partial charge in [-0.1, -0.05) is 58.2 Å². The highest BCUT2D eigenvalue weighted by atomic mass is 16.3. The zero-order valence-electron chi connectivity index (χ0n) is 20.7. The number of rotatable bonds is 7. The average Bonchev–Trinajstić information content (AvgIpc) is 3.05. The molecule has 2 fully saturated rings. The highest BCUT2D eigenvalue weighted by Crippen LogP contribution is 2.43. The minimum absolute atomic E-state index is 0.206. The van der Waals surface area contributed by atoms with Gasteiger partial charge in [0.15, 0.2) is 0 Å². The second-order valence-corrected chi connectivity index (χ2v) is 9.71. The van der Waals surface area contributed by atoms with Gasteiger partial charge in [-0.2, -0.15) is 0 Å². The Morgan fingerprint density at radius 1 is 1.14 bits per heavy atom. The number of hydrogen-bond acceptors (Lipinski definition) is 5. The summed E-state index contributed by atoms with van der Waals surface area (Å²) in [5.74, 6) is -0.505. The van der Waals surface area contributed by atoms with Crippen LogP contribution in [-0.4, -0.2) is 44.9 Å². The Kier molecular flexibility index (Phi) is 7.21. The third-order valence-electron chi connectivity index (χ3n) is 7.16. The largest absolute Gasteiger partial charge is 0.390 e. The van der Waals surface area contributed by atoms with Crippen molar-refractivity contribution in [3.8, 4) is 0 Å². The van der Waals surface area contributed by atoms with E-state index < -0.39 is 17.5 Å². The Hall–Kier alpha value is -3.26. The molecule has 0 radical (unpaired) electrons. The summed E-state index contributed by atoms with van der Waals surface area (Å²) in [5, 5.41) is 12.3. The van der Waals surface area contributed by atoms with Crippen molar-refractivity contribution in [1.29, 1.82) is 0 Å². The molecule has 2 aliphatic rings. The fourth-order valence-corrected chi connectivity index (χ4v) is 5.32. The molecule has 1 spiro atoms. The second-order valence-electron chi connectivity index (χ2n) is 9.71. The van der Waals surface area contributed by atoms with Gasteiger partial charge in [0.1, 0.15) is 12.1 Å². The number of pyridine rings is 1. The molecule has 1 aliphatic heterocycles. The lowest BCUT2D eigenvalue weighted by atomic mass is 9.80. The summed E-state index contributed by atoms with van der Waals surface area (Å²) in [5.41, 5.74) is 2.80. The summed E-state index contributed by atoms with van der Waals surface area (Å²) in [6.45, 7) is 5.62. The number of aromatic nitrogens is 1. The Morgan fingerprint density at radius 2 is 1.89 bits per heavy atom. The van der Waals surface area contributed by atoms with Crippen molar-refractivity contribution >= 4 is 29.2 Å². The molecule has 2 heterocycles. The van der Waals surface area contributed by atoms with Gasteiger partial charge in [0.25, 0.3) is 5.91 Å². The van der Waals surface area contributed by atoms with Gasteiger partial charge in [0.2, 0.25) is 5.91 Å². The molecular formula is C27H34N4O4. The smallest absolute Gasteiger partial charge is 0.332 e. The van der Waals surface area contributed by atoms with E-state index in [-0.39, 0.29) is 25.0 Å². The second kappa shape index (κ2) is 10.2. The fourth-order valence-electron chi connectivity index (χ4n) is 5.32. The van der Waals surface area contributed by atoms with Crippen LogP contribution in [0.2, 0.25) is 0 Å². The van der Waals surface area contributed by atoms with E-state index in [0.717, 1.165) is 47.4 Å². The molecule has 2 N–H and O–H groups in total. The normalized spacial score (nSPS) is 17.5. The maximum Gasteiger partial charge on any atom is 0.332 e. The SMILES string of the molecule is CCc1cccc(C(C)C)c1NC(=O)CN1C(=O)N(c2ccc(CO)nc2)C2(CCCCC2)C1=O. The van der Waals surface area contributed by atoms with Crippen LogP contribution in [0.5, 0.6) is 0 Å². The van der Waals surface area contributed by atoms with E-state index in [1.165, 1.54) is 11.1 Å². The zero-order chi connectivity index (χ0) is 25.2. The zero-order valence-corrected chi connectivity index (χ0v) is 20.7. The number of imide groups is 1. The van der Waals surface area contributed by atoms with Crippen LogP contribution in [-0.2, 0) is 22.6 Å². The first-order chi connectivity index (χ1) is 16.8. The maximum absolute atomic E-state index is 13.7. The molecule has 1 aromatic carbocycles. The number of hydrogen-bond donors (Lipinski definition) is 2. The van der Waals surface area contributed by atoms with Crippen LogP contribution in [0.3, 0.4) is 0 Å². The molecule has 1 aromatic heterocycles. The molecule has 186 valence electrons. The van der Waals surface area contributed by atoms with Gasteiger partial charge in [0.05, 0.1) is 24.2 Å². The van der Waals surface area contributed by atoms with Crippen LogP contribution in [0.25, 0.3) is 0 Å². The summed E-state index contributed by atoms with van der Waals surface area (Å²) in [4.78, 5) is 47.3. The highest BCUT2D eigenvalue weighted by molar-refractivity contribution is 6.18. The van der Waals surface area contributed by atoms with Gasteiger partial charge < -0.3 is 10.4 Å². The molecule has 0 unspecified atom stereocenters. The van der Waals surface area contributed by atoms with E-state index in [2.05, 4.69) is 24.1 Å². The number of nitrogens with one attached hydrogen (secondary N) is 1. The van der Waals surface area contributed by atoms with Crippen molar-refractivity contribution in [1.82, 2.24) is 9.88 Å². The van der Waals surface area contributed by atoms with E-state index in [1.807, 2.05) is 25.1 Å². The molecular weight excluding hydrogens is 444 g/mol. The third kappa shape index (κ3) is 4.55. The standard InChI is InChI=1S/C27H34N4O4/c1-4-19-9-8-10-22(18(2)3)24(19)29-23(33)16-30-25(34)27(13-6-5-7-14-27)31(26(30)35)21-12-11-20(17-32)28-15-21/h8-12,15,18,32H,4-7,13-14,16-17H2,1-3H3,(H,29,33). The molecule has 1 aliphatic carbocycles. The number of anilines is 2. The molecule has 4 amide bonds. The molecule has 8 nitrogen and oxygen atoms in total. The molecule has 8 heteroatoms. The summed E-state index contributed by atoms with van der Waals surface area (Å²) >= 11 is 0. The number of carbonyl (C=O) groups excluding carboxylic acids is 3. The third-order valence-corrected chi connectivity index (χ3v) is 7.16. The van der Waals surface area contributed by atoms with Crippen molar-refractivity contribution in [2.24, 2.45) is 0 Å². The van der Waals surface area contributed by atoms with Crippen LogP contribution in [0.1, 0.15) is 75.6 Å². The summed E-state index contributed by atoms with van der Waals surface area (Å²) < 4.78 is 0. The number of nitrogens with zero attached hydrogens (tertiary/aromatic N) is 3. The molecule has 35 heavy (non-hydrogen) atoms. The van der Waals surface area contributed by atoms with Crippen LogP contribution in [0, 0.1) is 0 Å². The Balaban J connectivity index is 1.63. The van der Waals surface area contributed by atoms with Crippen LogP contribution in [0.4, 0.5) is 16.2 Å². The number of aliphatic hydroxyl groups excluding tert-OH is 1. The highest BCUT2D eigenvalue weighted by Gasteiger charge is 2.58. The van der Waals surface area contributed by atoms with Gasteiger partial charge in [-0.3, -0.25) is 24.4 Å². The molecule has 0 atom stereocenters. The van der Waals surface area contributed by atoms with E-state index in [4.69, 9.17) is 0 Å². The van der Waals surface area contributed by atoms with E-state index in [0.29, 0.717) is 24.2 Å². The predicted octanol–water partition coefficient (Wildman–Crippen LogP) is 4.37. The number of para-hydroxylation sites is 1. The molecule has 1 saturated heterocycles. The van der Waals surface area contributed by atoms with Gasteiger partial charge in [0, 0.05) is 5.69 Å². The number of aliphatic hydroxyl groups is 1. The minimum Gasteiger partial charge on any atom is -0.390 e. The van der Waals surface area contributed by atoms with E-state index >= 15 is 0 Å². The number of amides is 4. The average molecular weight is 479 g/mol. The number of aryl methyl sites for hydroxylation is 1. The summed E-state index contributed by atoms with van der Waals surface area (Å²) in [6, 6.07) is 8.81. The fraction of sp³-hybridized carbons (Fsp3) is 0.481. The molecule has 2 aromatic rings. The first kappa shape index (κ1) is 24.9. The lowest BCUT2D eigenvalue weighted by Gasteiger charge is -2.38. The molecule has 1 saturated carbocycles. The van der Waals surface area contributed by atoms with Crippen molar-refractivity contribution in [2.45, 2.75) is 77.4 Å². The van der Waals surface area contributed by atoms with E-state index in [1.54, 1.807) is 12.1 Å². The quantitative estimate of drug-likeness (QED) is 0.575. The monoisotopic (exact) mass is 478 g/mol. The van der Waals surface area contributed by atoms with Crippen LogP contribution >= 0.6 is 0 Å². The van der Waals surface area contributed by atoms with E-state index in [9.17, 15) is 19.5 Å². The Bertz CT molecular complexity index is 1110. The summed E-state index contributed by atoms with van der Waals surface area (Å²) in [6.07, 6.45) is 6.04. The van der Waals surface area contributed by atoms with Crippen molar-refractivity contribution in [3.05, 3.63) is 53.3 Å². The minimum atomic E-state index is -0.998. The first-order valence-electron chi connectivity index (χ1n) is 12.5. The van der Waals surface area contributed by atoms with Gasteiger partial charge >= 0.3 is 6.03 Å².